The number of benzene rings is 1. The van der Waals surface area contributed by atoms with Crippen molar-refractivity contribution < 1.29 is 19.7 Å². The fourth-order valence-corrected chi connectivity index (χ4v) is 4.42. The van der Waals surface area contributed by atoms with Gasteiger partial charge in [-0.25, -0.2) is 9.78 Å². The molecule has 5 rings (SSSR count). The molecule has 0 saturated carbocycles. The van der Waals surface area contributed by atoms with E-state index in [4.69, 9.17) is 9.72 Å². The molecule has 2 N–H and O–H groups in total. The van der Waals surface area contributed by atoms with E-state index < -0.39 is 11.6 Å². The average Bonchev–Trinajstić information content (AvgIpc) is 3.05. The number of esters is 1. The van der Waals surface area contributed by atoms with E-state index in [1.165, 1.54) is 0 Å². The van der Waals surface area contributed by atoms with E-state index in [9.17, 15) is 15.0 Å². The molecule has 0 amide bonds. The van der Waals surface area contributed by atoms with Crippen molar-refractivity contribution in [3.8, 4) is 0 Å². The summed E-state index contributed by atoms with van der Waals surface area (Å²) in [5, 5.41) is 21.9. The summed E-state index contributed by atoms with van der Waals surface area (Å²) in [7, 11) is 0. The van der Waals surface area contributed by atoms with Gasteiger partial charge in [0.05, 0.1) is 23.5 Å². The number of rotatable bonds is 2. The van der Waals surface area contributed by atoms with Crippen molar-refractivity contribution in [1.82, 2.24) is 9.88 Å². The number of carbonyl (C=O) groups excluding carboxylic acids is 1. The van der Waals surface area contributed by atoms with Crippen LogP contribution >= 0.6 is 0 Å². The number of fused-ring (bicyclic) bond motifs is 4. The highest BCUT2D eigenvalue weighted by atomic mass is 16.6. The van der Waals surface area contributed by atoms with Crippen LogP contribution < -0.4 is 0 Å². The van der Waals surface area contributed by atoms with Crippen LogP contribution in [0.15, 0.2) is 41.5 Å². The minimum absolute atomic E-state index is 0.0554. The van der Waals surface area contributed by atoms with Crippen LogP contribution in [0.5, 0.6) is 0 Å². The lowest BCUT2D eigenvalue weighted by molar-refractivity contribution is -0.163. The summed E-state index contributed by atoms with van der Waals surface area (Å²) < 4.78 is 5.23. The number of pyridine rings is 1. The number of cyclic esters (lactones) is 1. The van der Waals surface area contributed by atoms with Crippen molar-refractivity contribution >= 4 is 22.6 Å². The van der Waals surface area contributed by atoms with E-state index in [0.717, 1.165) is 39.0 Å². The van der Waals surface area contributed by atoms with Gasteiger partial charge in [-0.2, -0.15) is 0 Å². The van der Waals surface area contributed by atoms with Gasteiger partial charge in [0.1, 0.15) is 6.61 Å². The lowest BCUT2D eigenvalue weighted by Gasteiger charge is -2.37. The van der Waals surface area contributed by atoms with Crippen molar-refractivity contribution in [3.63, 3.8) is 0 Å². The Labute approximate surface area is 156 Å². The summed E-state index contributed by atoms with van der Waals surface area (Å²) in [4.78, 5) is 19.2. The van der Waals surface area contributed by atoms with Crippen molar-refractivity contribution in [2.75, 3.05) is 13.2 Å². The van der Waals surface area contributed by atoms with E-state index in [1.807, 2.05) is 30.3 Å². The molecule has 1 aromatic carbocycles. The topological polar surface area (TPSA) is 82.9 Å². The van der Waals surface area contributed by atoms with E-state index >= 15 is 0 Å². The van der Waals surface area contributed by atoms with Crippen molar-refractivity contribution in [3.05, 3.63) is 58.3 Å². The first kappa shape index (κ1) is 16.5. The fraction of sp³-hybridized carbons (Fsp3) is 0.333. The highest BCUT2D eigenvalue weighted by Crippen LogP contribution is 2.43. The Hall–Kier alpha value is -2.70. The first-order valence-electron chi connectivity index (χ1n) is 9.17. The summed E-state index contributed by atoms with van der Waals surface area (Å²) in [6.07, 6.45) is 2.14. The second-order valence-electron chi connectivity index (χ2n) is 7.29. The Morgan fingerprint density at radius 1 is 1.30 bits per heavy atom. The molecule has 0 bridgehead atoms. The predicted molar refractivity (Wildman–Crippen MR) is 99.3 cm³/mol. The third-order valence-electron chi connectivity index (χ3n) is 5.92. The Morgan fingerprint density at radius 3 is 2.89 bits per heavy atom. The summed E-state index contributed by atoms with van der Waals surface area (Å²) in [5.41, 5.74) is 4.40. The number of carbonyl (C=O) groups is 1. The Bertz CT molecular complexity index is 1060. The summed E-state index contributed by atoms with van der Waals surface area (Å²) in [6, 6.07) is 7.79. The van der Waals surface area contributed by atoms with Crippen LogP contribution in [0.3, 0.4) is 0 Å². The van der Waals surface area contributed by atoms with E-state index in [-0.39, 0.29) is 19.6 Å². The van der Waals surface area contributed by atoms with Gasteiger partial charge in [-0.05, 0) is 29.7 Å². The van der Waals surface area contributed by atoms with Crippen LogP contribution in [-0.4, -0.2) is 44.8 Å². The maximum atomic E-state index is 12.2. The third kappa shape index (κ3) is 2.14. The van der Waals surface area contributed by atoms with Gasteiger partial charge in [-0.1, -0.05) is 25.1 Å². The van der Waals surface area contributed by atoms with Gasteiger partial charge in [-0.15, -0.1) is 0 Å². The normalized spacial score (nSPS) is 23.7. The minimum Gasteiger partial charge on any atom is -0.459 e. The first-order valence-corrected chi connectivity index (χ1v) is 9.17. The summed E-state index contributed by atoms with van der Waals surface area (Å²) in [6.45, 7) is 3.15. The molecule has 0 saturated heterocycles. The molecular formula is C21H20N2O4. The Morgan fingerprint density at radius 2 is 2.11 bits per heavy atom. The first-order chi connectivity index (χ1) is 13.1. The molecule has 3 aliphatic heterocycles. The van der Waals surface area contributed by atoms with Crippen LogP contribution in [0, 0.1) is 0 Å². The van der Waals surface area contributed by atoms with Crippen molar-refractivity contribution in [2.45, 2.75) is 32.1 Å². The fourth-order valence-electron chi connectivity index (χ4n) is 4.42. The zero-order valence-corrected chi connectivity index (χ0v) is 15.0. The lowest BCUT2D eigenvalue weighted by Crippen LogP contribution is -2.47. The second-order valence-corrected chi connectivity index (χ2v) is 7.29. The van der Waals surface area contributed by atoms with Gasteiger partial charge < -0.3 is 19.8 Å². The number of hydrogen-bond acceptors (Lipinski definition) is 6. The molecule has 3 aliphatic rings. The van der Waals surface area contributed by atoms with Gasteiger partial charge in [0.2, 0.25) is 0 Å². The zero-order valence-electron chi connectivity index (χ0n) is 15.0. The maximum absolute atomic E-state index is 12.2. The number of para-hydroxylation sites is 1. The van der Waals surface area contributed by atoms with Crippen molar-refractivity contribution in [2.24, 2.45) is 0 Å². The molecule has 2 aromatic rings. The predicted octanol–water partition coefficient (Wildman–Crippen LogP) is 1.89. The number of aromatic nitrogens is 1. The number of aliphatic hydroxyl groups is 2. The average molecular weight is 364 g/mol. The molecule has 1 aromatic heterocycles. The standard InChI is InChI=1S/C21H20N2O4/c1-2-21(26)16-7-18-19-14(9-23(18)8-12(16)11-27-20(21)25)15(10-24)13-5-3-4-6-17(13)22-19/h3-7,24,26H,2,8-11H2,1H3. The summed E-state index contributed by atoms with van der Waals surface area (Å²) in [5.74, 6) is -0.588. The molecule has 6 nitrogen and oxygen atoms in total. The van der Waals surface area contributed by atoms with Crippen LogP contribution in [0.25, 0.3) is 16.6 Å². The molecule has 27 heavy (non-hydrogen) atoms. The zero-order chi connectivity index (χ0) is 18.8. The van der Waals surface area contributed by atoms with Crippen LogP contribution in [-0.2, 0) is 22.7 Å². The molecule has 1 atom stereocenters. The lowest BCUT2D eigenvalue weighted by atomic mass is 9.83. The molecule has 0 aliphatic carbocycles. The Kier molecular flexibility index (Phi) is 3.44. The second kappa shape index (κ2) is 5.65. The molecule has 1 unspecified atom stereocenters. The van der Waals surface area contributed by atoms with Gasteiger partial charge in [0, 0.05) is 29.6 Å². The molecule has 6 heteroatoms. The van der Waals surface area contributed by atoms with Crippen LogP contribution in [0.1, 0.15) is 30.2 Å². The number of ether oxygens (including phenoxy) is 1. The van der Waals surface area contributed by atoms with E-state index in [2.05, 4.69) is 4.90 Å². The van der Waals surface area contributed by atoms with E-state index in [1.54, 1.807) is 6.92 Å². The number of hydrogen-bond donors (Lipinski definition) is 2. The quantitative estimate of drug-likeness (QED) is 0.792. The Balaban J connectivity index is 1.72. The van der Waals surface area contributed by atoms with E-state index in [0.29, 0.717) is 18.7 Å². The molecule has 0 fully saturated rings. The van der Waals surface area contributed by atoms with Crippen LogP contribution in [0.4, 0.5) is 0 Å². The molecule has 0 spiro atoms. The largest absolute Gasteiger partial charge is 0.459 e. The van der Waals surface area contributed by atoms with Gasteiger partial charge in [0.15, 0.2) is 5.60 Å². The SMILES string of the molecule is CCC1(O)C(=O)OCC2=C1C=C1c3nc4ccccc4c(CO)c3CN1C2. The smallest absolute Gasteiger partial charge is 0.343 e. The molecule has 138 valence electrons. The minimum atomic E-state index is -1.61. The van der Waals surface area contributed by atoms with Crippen molar-refractivity contribution in [1.29, 1.82) is 0 Å². The monoisotopic (exact) mass is 364 g/mol. The molecule has 4 heterocycles. The summed E-state index contributed by atoms with van der Waals surface area (Å²) >= 11 is 0. The van der Waals surface area contributed by atoms with Gasteiger partial charge in [-0.3, -0.25) is 0 Å². The highest BCUT2D eigenvalue weighted by molar-refractivity contribution is 5.91. The highest BCUT2D eigenvalue weighted by Gasteiger charge is 2.46. The number of nitrogens with zero attached hydrogens (tertiary/aromatic N) is 2. The molecule has 0 radical (unpaired) electrons. The maximum Gasteiger partial charge on any atom is 0.343 e. The van der Waals surface area contributed by atoms with Gasteiger partial charge in [0.25, 0.3) is 0 Å². The van der Waals surface area contributed by atoms with Crippen LogP contribution in [0.2, 0.25) is 0 Å². The number of aliphatic hydroxyl groups excluding tert-OH is 1. The third-order valence-corrected chi connectivity index (χ3v) is 5.92. The van der Waals surface area contributed by atoms with Gasteiger partial charge >= 0.3 is 5.97 Å². The molecular weight excluding hydrogens is 344 g/mol.